The van der Waals surface area contributed by atoms with E-state index in [1.165, 1.54) is 60.7 Å². The predicted octanol–water partition coefficient (Wildman–Crippen LogP) is 5.45. The van der Waals surface area contributed by atoms with Gasteiger partial charge in [0.1, 0.15) is 28.4 Å². The lowest BCUT2D eigenvalue weighted by atomic mass is 10.1. The van der Waals surface area contributed by atoms with E-state index in [1.807, 2.05) is 0 Å². The van der Waals surface area contributed by atoms with Gasteiger partial charge in [0.15, 0.2) is 33.9 Å². The second-order valence-electron chi connectivity index (χ2n) is 8.53. The lowest BCUT2D eigenvalue weighted by Gasteiger charge is -2.05. The van der Waals surface area contributed by atoms with Crippen molar-refractivity contribution in [3.05, 3.63) is 111 Å². The third kappa shape index (κ3) is 5.09. The molecule has 2 aromatic heterocycles. The largest absolute Gasteiger partial charge is 0.508 e. The molecule has 6 rings (SSSR count). The first-order valence-corrected chi connectivity index (χ1v) is 11.5. The van der Waals surface area contributed by atoms with Crippen LogP contribution in [0.1, 0.15) is 0 Å². The Bertz CT molecular complexity index is 1970. The van der Waals surface area contributed by atoms with E-state index in [9.17, 15) is 35.1 Å². The third-order valence-electron chi connectivity index (χ3n) is 5.87. The van der Waals surface area contributed by atoms with Gasteiger partial charge in [0.2, 0.25) is 0 Å². The van der Waals surface area contributed by atoms with Crippen molar-refractivity contribution in [3.8, 4) is 51.4 Å². The molecule has 0 amide bonds. The van der Waals surface area contributed by atoms with Crippen LogP contribution in [0.2, 0.25) is 0 Å². The molecule has 0 atom stereocenters. The number of para-hydroxylation sites is 1. The van der Waals surface area contributed by atoms with E-state index in [0.29, 0.717) is 33.2 Å². The van der Waals surface area contributed by atoms with Crippen LogP contribution < -0.4 is 10.9 Å². The van der Waals surface area contributed by atoms with Gasteiger partial charge in [-0.2, -0.15) is 0 Å². The van der Waals surface area contributed by atoms with Crippen LogP contribution in [0.4, 0.5) is 0 Å². The molecule has 0 aliphatic heterocycles. The number of fused-ring (bicyclic) bond motifs is 2. The van der Waals surface area contributed by atoms with Gasteiger partial charge in [0, 0.05) is 29.3 Å². The molecule has 4 aromatic carbocycles. The van der Waals surface area contributed by atoms with Crippen LogP contribution >= 0.6 is 0 Å². The van der Waals surface area contributed by atoms with Crippen molar-refractivity contribution in [2.45, 2.75) is 0 Å². The van der Waals surface area contributed by atoms with Gasteiger partial charge < -0.3 is 34.4 Å². The molecule has 9 nitrogen and oxygen atoms in total. The lowest BCUT2D eigenvalue weighted by molar-refractivity contribution is 0.404. The zero-order valence-corrected chi connectivity index (χ0v) is 20.0. The Morgan fingerprint density at radius 2 is 0.974 bits per heavy atom. The van der Waals surface area contributed by atoms with Crippen LogP contribution in [-0.4, -0.2) is 25.5 Å². The smallest absolute Gasteiger partial charge is 0.193 e. The van der Waals surface area contributed by atoms with Crippen LogP contribution in [0, 0.1) is 0 Å². The number of phenolic OH excluding ortho intramolecular Hbond substituents is 5. The second-order valence-corrected chi connectivity index (χ2v) is 8.53. The van der Waals surface area contributed by atoms with E-state index in [2.05, 4.69) is 0 Å². The average molecular weight is 524 g/mol. The molecule has 9 heteroatoms. The van der Waals surface area contributed by atoms with Crippen molar-refractivity contribution in [2.24, 2.45) is 0 Å². The highest BCUT2D eigenvalue weighted by atomic mass is 16.3. The maximum Gasteiger partial charge on any atom is 0.193 e. The van der Waals surface area contributed by atoms with Crippen LogP contribution in [0.3, 0.4) is 0 Å². The van der Waals surface area contributed by atoms with Crippen LogP contribution in [0.15, 0.2) is 109 Å². The first-order valence-electron chi connectivity index (χ1n) is 11.5. The molecule has 0 saturated carbocycles. The second kappa shape index (κ2) is 9.98. The molecule has 39 heavy (non-hydrogen) atoms. The number of hydrogen-bond donors (Lipinski definition) is 5. The first kappa shape index (κ1) is 25.0. The Balaban J connectivity index is 0.000000158. The molecular formula is C30H20O9. The Morgan fingerprint density at radius 3 is 1.54 bits per heavy atom. The van der Waals surface area contributed by atoms with E-state index < -0.39 is 0 Å². The van der Waals surface area contributed by atoms with Gasteiger partial charge >= 0.3 is 0 Å². The molecule has 0 radical (unpaired) electrons. The summed E-state index contributed by atoms with van der Waals surface area (Å²) in [6.07, 6.45) is 0. The lowest BCUT2D eigenvalue weighted by Crippen LogP contribution is -1.99. The number of rotatable bonds is 2. The monoisotopic (exact) mass is 524 g/mol. The topological polar surface area (TPSA) is 162 Å². The standard InChI is InChI=1S/C15H10O5.C15H10O4/c16-9-2-3-10-12(18)7-14(20-15(10)6-9)8-1-4-11(17)13(19)5-8;16-11-6-5-9(7-13(11)18)15-8-12(17)10-3-1-2-4-14(10)19-15/h1-7,16-17,19H;1-8,16,18H. The zero-order chi connectivity index (χ0) is 27.7. The molecule has 6 aromatic rings. The SMILES string of the molecule is O=c1cc(-c2ccc(O)c(O)c2)oc2cc(O)ccc12.O=c1cc(-c2ccc(O)c(O)c2)oc2ccccc12. The first-order chi connectivity index (χ1) is 18.7. The number of phenols is 5. The number of benzene rings is 4. The Morgan fingerprint density at radius 1 is 0.462 bits per heavy atom. The molecule has 0 aliphatic rings. The van der Waals surface area contributed by atoms with Gasteiger partial charge in [0.05, 0.1) is 10.8 Å². The highest BCUT2D eigenvalue weighted by molar-refractivity contribution is 5.80. The molecule has 0 saturated heterocycles. The summed E-state index contributed by atoms with van der Waals surface area (Å²) in [7, 11) is 0. The molecule has 0 unspecified atom stereocenters. The van der Waals surface area contributed by atoms with Crippen LogP contribution in [0.5, 0.6) is 28.7 Å². The molecule has 5 N–H and O–H groups in total. The van der Waals surface area contributed by atoms with Crippen molar-refractivity contribution < 1.29 is 34.4 Å². The third-order valence-corrected chi connectivity index (χ3v) is 5.87. The summed E-state index contributed by atoms with van der Waals surface area (Å²) in [4.78, 5) is 23.9. The van der Waals surface area contributed by atoms with Crippen molar-refractivity contribution >= 4 is 21.9 Å². The van der Waals surface area contributed by atoms with Crippen molar-refractivity contribution in [1.82, 2.24) is 0 Å². The fraction of sp³-hybridized carbons (Fsp3) is 0. The predicted molar refractivity (Wildman–Crippen MR) is 144 cm³/mol. The van der Waals surface area contributed by atoms with Gasteiger partial charge in [0.25, 0.3) is 0 Å². The minimum absolute atomic E-state index is 0.00801. The Kier molecular flexibility index (Phi) is 6.39. The maximum atomic E-state index is 12.0. The molecule has 0 bridgehead atoms. The van der Waals surface area contributed by atoms with Crippen molar-refractivity contribution in [1.29, 1.82) is 0 Å². The molecule has 2 heterocycles. The normalized spacial score (nSPS) is 10.8. The summed E-state index contributed by atoms with van der Waals surface area (Å²) in [6, 6.07) is 22.2. The highest BCUT2D eigenvalue weighted by Crippen LogP contribution is 2.32. The number of aromatic hydroxyl groups is 5. The van der Waals surface area contributed by atoms with E-state index >= 15 is 0 Å². The van der Waals surface area contributed by atoms with E-state index in [-0.39, 0.29) is 50.9 Å². The average Bonchev–Trinajstić information content (AvgIpc) is 2.92. The van der Waals surface area contributed by atoms with E-state index in [0.717, 1.165) is 0 Å². The van der Waals surface area contributed by atoms with Gasteiger partial charge in [-0.1, -0.05) is 12.1 Å². The summed E-state index contributed by atoms with van der Waals surface area (Å²) < 4.78 is 11.2. The minimum atomic E-state index is -0.304. The number of hydrogen-bond acceptors (Lipinski definition) is 9. The van der Waals surface area contributed by atoms with E-state index in [1.54, 1.807) is 30.3 Å². The molecule has 194 valence electrons. The highest BCUT2D eigenvalue weighted by Gasteiger charge is 2.10. The van der Waals surface area contributed by atoms with Gasteiger partial charge in [-0.25, -0.2) is 0 Å². The van der Waals surface area contributed by atoms with Gasteiger partial charge in [-0.3, -0.25) is 9.59 Å². The summed E-state index contributed by atoms with van der Waals surface area (Å²) in [5, 5.41) is 47.8. The minimum Gasteiger partial charge on any atom is -0.508 e. The Hall–Kier alpha value is -5.70. The quantitative estimate of drug-likeness (QED) is 0.186. The van der Waals surface area contributed by atoms with Crippen LogP contribution in [-0.2, 0) is 0 Å². The summed E-state index contributed by atoms with van der Waals surface area (Å²) >= 11 is 0. The molecular weight excluding hydrogens is 504 g/mol. The molecule has 0 spiro atoms. The van der Waals surface area contributed by atoms with Crippen molar-refractivity contribution in [3.63, 3.8) is 0 Å². The van der Waals surface area contributed by atoms with Crippen LogP contribution in [0.25, 0.3) is 44.6 Å². The summed E-state index contributed by atoms with van der Waals surface area (Å²) in [6.45, 7) is 0. The van der Waals surface area contributed by atoms with Crippen molar-refractivity contribution in [2.75, 3.05) is 0 Å². The summed E-state index contributed by atoms with van der Waals surface area (Å²) in [5.74, 6) is -0.454. The fourth-order valence-electron chi connectivity index (χ4n) is 3.89. The summed E-state index contributed by atoms with van der Waals surface area (Å²) in [5.41, 5.74) is 1.30. The molecule has 0 aliphatic carbocycles. The fourth-order valence-corrected chi connectivity index (χ4v) is 3.89. The zero-order valence-electron chi connectivity index (χ0n) is 20.0. The van der Waals surface area contributed by atoms with Gasteiger partial charge in [-0.05, 0) is 60.7 Å². The van der Waals surface area contributed by atoms with Gasteiger partial charge in [-0.15, -0.1) is 0 Å². The maximum absolute atomic E-state index is 12.0. The molecule has 0 fully saturated rings. The van der Waals surface area contributed by atoms with E-state index in [4.69, 9.17) is 8.83 Å². The Labute approximate surface area is 219 Å².